The van der Waals surface area contributed by atoms with Crippen LogP contribution in [0.4, 0.5) is 23.1 Å². The minimum Gasteiger partial charge on any atom is -0.398 e. The van der Waals surface area contributed by atoms with Crippen molar-refractivity contribution in [3.8, 4) is 0 Å². The van der Waals surface area contributed by atoms with E-state index in [0.717, 1.165) is 54.5 Å². The van der Waals surface area contributed by atoms with Gasteiger partial charge in [0, 0.05) is 54.7 Å². The molecule has 5 N–H and O–H groups in total. The molecule has 7 nitrogen and oxygen atoms in total. The van der Waals surface area contributed by atoms with Gasteiger partial charge in [-0.25, -0.2) is 4.98 Å². The number of hydrogen-bond donors (Lipinski definition) is 4. The molecule has 0 saturated carbocycles. The Morgan fingerprint density at radius 3 is 2.73 bits per heavy atom. The van der Waals surface area contributed by atoms with Gasteiger partial charge in [0.05, 0.1) is 5.52 Å². The lowest BCUT2D eigenvalue weighted by molar-refractivity contribution is 0.581. The molecule has 0 spiro atoms. The van der Waals surface area contributed by atoms with E-state index in [0.29, 0.717) is 11.3 Å². The number of rotatable bonds is 4. The van der Waals surface area contributed by atoms with Gasteiger partial charge in [-0.2, -0.15) is 4.98 Å². The zero-order chi connectivity index (χ0) is 17.9. The number of nitrogens with one attached hydrogen (secondary N) is 3. The number of fused-ring (bicyclic) bond motifs is 1. The van der Waals surface area contributed by atoms with Crippen LogP contribution in [0, 0.1) is 5.41 Å². The number of hydrogen-bond acceptors (Lipinski definition) is 7. The van der Waals surface area contributed by atoms with Crippen molar-refractivity contribution in [1.82, 2.24) is 15.3 Å². The maximum absolute atomic E-state index is 7.49. The quantitative estimate of drug-likeness (QED) is 0.427. The summed E-state index contributed by atoms with van der Waals surface area (Å²) in [5, 5.41) is 15.2. The van der Waals surface area contributed by atoms with Crippen LogP contribution in [-0.4, -0.2) is 42.4 Å². The van der Waals surface area contributed by atoms with Crippen molar-refractivity contribution >= 4 is 40.3 Å². The van der Waals surface area contributed by atoms with Gasteiger partial charge in [0.25, 0.3) is 0 Å². The highest BCUT2D eigenvalue weighted by molar-refractivity contribution is 5.93. The van der Waals surface area contributed by atoms with Crippen molar-refractivity contribution in [3.05, 3.63) is 48.0 Å². The average molecular weight is 347 g/mol. The first-order valence-electron chi connectivity index (χ1n) is 8.64. The van der Waals surface area contributed by atoms with Gasteiger partial charge in [-0.05, 0) is 30.3 Å². The summed E-state index contributed by atoms with van der Waals surface area (Å²) in [5.41, 5.74) is 8.89. The number of nitrogens with zero attached hydrogens (tertiary/aromatic N) is 3. The van der Waals surface area contributed by atoms with E-state index in [1.165, 1.54) is 6.21 Å². The summed E-state index contributed by atoms with van der Waals surface area (Å²) >= 11 is 0. The van der Waals surface area contributed by atoms with E-state index >= 15 is 0 Å². The first kappa shape index (κ1) is 16.3. The Morgan fingerprint density at radius 2 is 1.92 bits per heavy atom. The summed E-state index contributed by atoms with van der Waals surface area (Å²) in [7, 11) is 0. The van der Waals surface area contributed by atoms with Crippen molar-refractivity contribution in [2.24, 2.45) is 0 Å². The summed E-state index contributed by atoms with van der Waals surface area (Å²) < 4.78 is 0. The molecule has 0 atom stereocenters. The fourth-order valence-electron chi connectivity index (χ4n) is 3.08. The monoisotopic (exact) mass is 347 g/mol. The predicted octanol–water partition coefficient (Wildman–Crippen LogP) is 2.36. The number of piperazine rings is 1. The van der Waals surface area contributed by atoms with E-state index in [4.69, 9.17) is 21.1 Å². The fourth-order valence-corrected chi connectivity index (χ4v) is 3.08. The standard InChI is InChI=1S/C19H21N7/c20-12-13-11-14(5-6-16(13)21)23-18-15-3-1-2-4-17(15)24-19(25-18)26-9-7-22-8-10-26/h1-6,11-12,20,22H,7-10,21H2,(H,23,24,25). The number of benzene rings is 2. The molecule has 1 aliphatic heterocycles. The third-order valence-corrected chi connectivity index (χ3v) is 4.50. The summed E-state index contributed by atoms with van der Waals surface area (Å²) in [5.74, 6) is 1.49. The molecule has 1 fully saturated rings. The minimum atomic E-state index is 0.583. The van der Waals surface area contributed by atoms with Crippen LogP contribution in [-0.2, 0) is 0 Å². The Hall–Kier alpha value is -3.19. The summed E-state index contributed by atoms with van der Waals surface area (Å²) in [4.78, 5) is 11.7. The van der Waals surface area contributed by atoms with Gasteiger partial charge in [-0.15, -0.1) is 0 Å². The molecule has 0 bridgehead atoms. The number of aromatic nitrogens is 2. The Kier molecular flexibility index (Phi) is 4.37. The topological polar surface area (TPSA) is 103 Å². The molecule has 1 saturated heterocycles. The van der Waals surface area contributed by atoms with Gasteiger partial charge in [0.2, 0.25) is 5.95 Å². The van der Waals surface area contributed by atoms with Crippen LogP contribution in [0.5, 0.6) is 0 Å². The molecule has 1 aromatic heterocycles. The number of nitrogens with two attached hydrogens (primary N) is 1. The molecule has 132 valence electrons. The van der Waals surface area contributed by atoms with Crippen LogP contribution in [0.25, 0.3) is 10.9 Å². The molecular weight excluding hydrogens is 326 g/mol. The first-order chi connectivity index (χ1) is 12.7. The molecule has 0 radical (unpaired) electrons. The Balaban J connectivity index is 1.76. The van der Waals surface area contributed by atoms with E-state index < -0.39 is 0 Å². The highest BCUT2D eigenvalue weighted by Gasteiger charge is 2.16. The third kappa shape index (κ3) is 3.16. The number of nitrogen functional groups attached to an aromatic ring is 1. The molecule has 0 aliphatic carbocycles. The van der Waals surface area contributed by atoms with Crippen molar-refractivity contribution in [2.75, 3.05) is 42.1 Å². The summed E-state index contributed by atoms with van der Waals surface area (Å²) in [6.07, 6.45) is 1.25. The van der Waals surface area contributed by atoms with Crippen LogP contribution in [0.15, 0.2) is 42.5 Å². The zero-order valence-corrected chi connectivity index (χ0v) is 14.4. The lowest BCUT2D eigenvalue weighted by atomic mass is 10.1. The van der Waals surface area contributed by atoms with Crippen LogP contribution in [0.1, 0.15) is 5.56 Å². The highest BCUT2D eigenvalue weighted by atomic mass is 15.3. The highest BCUT2D eigenvalue weighted by Crippen LogP contribution is 2.27. The van der Waals surface area contributed by atoms with Crippen LogP contribution >= 0.6 is 0 Å². The van der Waals surface area contributed by atoms with E-state index in [-0.39, 0.29) is 0 Å². The molecular formula is C19H21N7. The van der Waals surface area contributed by atoms with Crippen LogP contribution in [0.2, 0.25) is 0 Å². The van der Waals surface area contributed by atoms with E-state index in [1.54, 1.807) is 6.07 Å². The van der Waals surface area contributed by atoms with E-state index in [2.05, 4.69) is 15.5 Å². The fraction of sp³-hybridized carbons (Fsp3) is 0.211. The average Bonchev–Trinajstić information content (AvgIpc) is 2.70. The molecule has 4 rings (SSSR count). The lowest BCUT2D eigenvalue weighted by Crippen LogP contribution is -2.44. The predicted molar refractivity (Wildman–Crippen MR) is 107 cm³/mol. The third-order valence-electron chi connectivity index (χ3n) is 4.50. The molecule has 0 amide bonds. The van der Waals surface area contributed by atoms with Gasteiger partial charge in [-0.1, -0.05) is 12.1 Å². The lowest BCUT2D eigenvalue weighted by Gasteiger charge is -2.28. The van der Waals surface area contributed by atoms with Crippen molar-refractivity contribution < 1.29 is 0 Å². The first-order valence-corrected chi connectivity index (χ1v) is 8.64. The van der Waals surface area contributed by atoms with Crippen molar-refractivity contribution in [3.63, 3.8) is 0 Å². The van der Waals surface area contributed by atoms with Gasteiger partial charge in [0.15, 0.2) is 0 Å². The smallest absolute Gasteiger partial charge is 0.227 e. The van der Waals surface area contributed by atoms with Crippen molar-refractivity contribution in [2.45, 2.75) is 0 Å². The normalized spacial score (nSPS) is 14.4. The molecule has 2 heterocycles. The molecule has 2 aromatic carbocycles. The van der Waals surface area contributed by atoms with Crippen LogP contribution in [0.3, 0.4) is 0 Å². The Morgan fingerprint density at radius 1 is 1.12 bits per heavy atom. The van der Waals surface area contributed by atoms with Gasteiger partial charge in [0.1, 0.15) is 5.82 Å². The second kappa shape index (κ2) is 6.97. The SMILES string of the molecule is N=Cc1cc(Nc2nc(N3CCNCC3)nc3ccccc23)ccc1N. The largest absolute Gasteiger partial charge is 0.398 e. The Labute approximate surface area is 151 Å². The second-order valence-corrected chi connectivity index (χ2v) is 6.24. The maximum Gasteiger partial charge on any atom is 0.227 e. The zero-order valence-electron chi connectivity index (χ0n) is 14.4. The maximum atomic E-state index is 7.49. The van der Waals surface area contributed by atoms with Gasteiger partial charge >= 0.3 is 0 Å². The Bertz CT molecular complexity index is 948. The molecule has 7 heteroatoms. The van der Waals surface area contributed by atoms with E-state index in [1.807, 2.05) is 36.4 Å². The minimum absolute atomic E-state index is 0.583. The van der Waals surface area contributed by atoms with Crippen LogP contribution < -0.4 is 21.3 Å². The number of anilines is 4. The molecule has 3 aromatic rings. The second-order valence-electron chi connectivity index (χ2n) is 6.24. The summed E-state index contributed by atoms with van der Waals surface area (Å²) in [6.45, 7) is 3.63. The van der Waals surface area contributed by atoms with Crippen molar-refractivity contribution in [1.29, 1.82) is 5.41 Å². The van der Waals surface area contributed by atoms with E-state index in [9.17, 15) is 0 Å². The van der Waals surface area contributed by atoms with Gasteiger partial charge < -0.3 is 26.7 Å². The molecule has 0 unspecified atom stereocenters. The van der Waals surface area contributed by atoms with Gasteiger partial charge in [-0.3, -0.25) is 0 Å². The summed E-state index contributed by atoms with van der Waals surface area (Å²) in [6, 6.07) is 13.5. The molecule has 26 heavy (non-hydrogen) atoms. The number of para-hydroxylation sites is 1. The molecule has 1 aliphatic rings.